The Morgan fingerprint density at radius 2 is 1.58 bits per heavy atom. The average Bonchev–Trinajstić information content (AvgIpc) is 2.51. The molecule has 0 aliphatic heterocycles. The van der Waals surface area contributed by atoms with Crippen molar-refractivity contribution in [1.29, 1.82) is 0 Å². The maximum Gasteiger partial charge on any atom is 0.242 e. The fourth-order valence-electron chi connectivity index (χ4n) is 1.81. The molecule has 0 aliphatic carbocycles. The predicted molar refractivity (Wildman–Crippen MR) is 104 cm³/mol. The Kier molecular flexibility index (Phi) is 6.06. The summed E-state index contributed by atoms with van der Waals surface area (Å²) in [7, 11) is -0.650. The van der Waals surface area contributed by atoms with Crippen LogP contribution in [0, 0.1) is 0 Å². The van der Waals surface area contributed by atoms with Crippen LogP contribution < -0.4 is 10.6 Å². The first-order valence-electron chi connectivity index (χ1n) is 6.76. The second kappa shape index (κ2) is 7.67. The van der Waals surface area contributed by atoms with E-state index in [0.717, 1.165) is 4.31 Å². The summed E-state index contributed by atoms with van der Waals surface area (Å²) in [5.74, 6) is 0. The number of benzene rings is 2. The van der Waals surface area contributed by atoms with Crippen LogP contribution in [-0.4, -0.2) is 31.9 Å². The zero-order valence-electron chi connectivity index (χ0n) is 12.9. The summed E-state index contributed by atoms with van der Waals surface area (Å²) in [6.07, 6.45) is 0. The summed E-state index contributed by atoms with van der Waals surface area (Å²) < 4.78 is 25.5. The molecular formula is C15H15Cl2N3O2S2. The molecule has 0 fully saturated rings. The van der Waals surface area contributed by atoms with E-state index in [9.17, 15) is 8.42 Å². The van der Waals surface area contributed by atoms with E-state index < -0.39 is 10.0 Å². The van der Waals surface area contributed by atoms with E-state index in [1.54, 1.807) is 18.2 Å². The molecule has 24 heavy (non-hydrogen) atoms. The fraction of sp³-hybridized carbons (Fsp3) is 0.133. The minimum Gasteiger partial charge on any atom is -0.331 e. The van der Waals surface area contributed by atoms with Crippen molar-refractivity contribution in [2.24, 2.45) is 0 Å². The van der Waals surface area contributed by atoms with Gasteiger partial charge >= 0.3 is 0 Å². The molecule has 5 nitrogen and oxygen atoms in total. The Morgan fingerprint density at radius 1 is 1.00 bits per heavy atom. The number of thiocarbonyl (C=S) groups is 1. The summed E-state index contributed by atoms with van der Waals surface area (Å²) in [5, 5.41) is 6.92. The number of nitrogens with zero attached hydrogens (tertiary/aromatic N) is 1. The van der Waals surface area contributed by atoms with Crippen molar-refractivity contribution < 1.29 is 8.42 Å². The Labute approximate surface area is 156 Å². The normalized spacial score (nSPS) is 11.4. The maximum absolute atomic E-state index is 12.2. The highest BCUT2D eigenvalue weighted by molar-refractivity contribution is 7.89. The third-order valence-corrected chi connectivity index (χ3v) is 5.76. The molecule has 9 heteroatoms. The number of nitrogens with one attached hydrogen (secondary N) is 2. The third-order valence-electron chi connectivity index (χ3n) is 3.09. The lowest BCUT2D eigenvalue weighted by Crippen LogP contribution is -2.23. The Balaban J connectivity index is 2.23. The summed E-state index contributed by atoms with van der Waals surface area (Å²) in [6, 6.07) is 11.5. The summed E-state index contributed by atoms with van der Waals surface area (Å²) in [6.45, 7) is 0. The molecule has 0 amide bonds. The van der Waals surface area contributed by atoms with Crippen molar-refractivity contribution in [3.63, 3.8) is 0 Å². The first kappa shape index (κ1) is 19.0. The van der Waals surface area contributed by atoms with Gasteiger partial charge < -0.3 is 10.6 Å². The zero-order chi connectivity index (χ0) is 17.9. The van der Waals surface area contributed by atoms with Gasteiger partial charge in [0, 0.05) is 14.1 Å². The van der Waals surface area contributed by atoms with E-state index in [1.807, 2.05) is 6.07 Å². The number of sulfonamides is 1. The first-order chi connectivity index (χ1) is 11.2. The molecule has 0 unspecified atom stereocenters. The summed E-state index contributed by atoms with van der Waals surface area (Å²) >= 11 is 17.4. The molecule has 0 aliphatic rings. The van der Waals surface area contributed by atoms with E-state index >= 15 is 0 Å². The number of para-hydroxylation sites is 1. The van der Waals surface area contributed by atoms with Crippen LogP contribution in [0.5, 0.6) is 0 Å². The van der Waals surface area contributed by atoms with Crippen molar-refractivity contribution in [2.75, 3.05) is 24.7 Å². The van der Waals surface area contributed by atoms with Gasteiger partial charge in [0.1, 0.15) is 0 Å². The molecule has 2 aromatic carbocycles. The van der Waals surface area contributed by atoms with Crippen LogP contribution >= 0.6 is 35.4 Å². The lowest BCUT2D eigenvalue weighted by atomic mass is 10.3. The van der Waals surface area contributed by atoms with Crippen molar-refractivity contribution in [2.45, 2.75) is 4.90 Å². The number of hydrogen-bond donors (Lipinski definition) is 2. The van der Waals surface area contributed by atoms with E-state index in [0.29, 0.717) is 21.4 Å². The zero-order valence-corrected chi connectivity index (χ0v) is 16.0. The number of rotatable bonds is 4. The van der Waals surface area contributed by atoms with Crippen LogP contribution in [0.25, 0.3) is 0 Å². The lowest BCUT2D eigenvalue weighted by Gasteiger charge is -2.15. The maximum atomic E-state index is 12.2. The van der Waals surface area contributed by atoms with Crippen LogP contribution in [0.1, 0.15) is 0 Å². The van der Waals surface area contributed by atoms with Crippen LogP contribution in [0.4, 0.5) is 11.4 Å². The monoisotopic (exact) mass is 403 g/mol. The molecule has 0 bridgehead atoms. The van der Waals surface area contributed by atoms with Gasteiger partial charge in [0.25, 0.3) is 0 Å². The van der Waals surface area contributed by atoms with Crippen LogP contribution in [0.15, 0.2) is 47.4 Å². The van der Waals surface area contributed by atoms with Gasteiger partial charge in [0.15, 0.2) is 5.11 Å². The second-order valence-corrected chi connectivity index (χ2v) is 8.36. The summed E-state index contributed by atoms with van der Waals surface area (Å²) in [5.41, 5.74) is 1.01. The summed E-state index contributed by atoms with van der Waals surface area (Å²) in [4.78, 5) is 0.111. The average molecular weight is 404 g/mol. The molecular weight excluding hydrogens is 389 g/mol. The SMILES string of the molecule is CN(C)S(=O)(=O)c1ccc(Cl)c(NC(=S)Nc2ccccc2Cl)c1. The Morgan fingerprint density at radius 3 is 2.21 bits per heavy atom. The Hall–Kier alpha value is -1.38. The quantitative estimate of drug-likeness (QED) is 0.753. The molecule has 2 N–H and O–H groups in total. The highest BCUT2D eigenvalue weighted by atomic mass is 35.5. The van der Waals surface area contributed by atoms with Gasteiger partial charge in [-0.1, -0.05) is 35.3 Å². The Bertz CT molecular complexity index is 871. The molecule has 0 spiro atoms. The van der Waals surface area contributed by atoms with E-state index in [1.165, 1.54) is 32.3 Å². The molecule has 0 aromatic heterocycles. The third kappa shape index (κ3) is 4.37. The number of anilines is 2. The number of hydrogen-bond acceptors (Lipinski definition) is 3. The van der Waals surface area contributed by atoms with Gasteiger partial charge in [0.05, 0.1) is 26.3 Å². The fourth-order valence-corrected chi connectivity index (χ4v) is 3.31. The van der Waals surface area contributed by atoms with Gasteiger partial charge in [-0.05, 0) is 42.5 Å². The molecule has 128 valence electrons. The van der Waals surface area contributed by atoms with Crippen molar-refractivity contribution in [3.8, 4) is 0 Å². The largest absolute Gasteiger partial charge is 0.331 e. The van der Waals surface area contributed by atoms with Gasteiger partial charge in [-0.25, -0.2) is 12.7 Å². The molecule has 0 radical (unpaired) electrons. The highest BCUT2D eigenvalue weighted by Crippen LogP contribution is 2.27. The predicted octanol–water partition coefficient (Wildman–Crippen LogP) is 4.05. The van der Waals surface area contributed by atoms with Gasteiger partial charge in [-0.3, -0.25) is 0 Å². The van der Waals surface area contributed by atoms with Gasteiger partial charge in [0.2, 0.25) is 10.0 Å². The van der Waals surface area contributed by atoms with Crippen LogP contribution in [-0.2, 0) is 10.0 Å². The minimum atomic E-state index is -3.57. The minimum absolute atomic E-state index is 0.111. The van der Waals surface area contributed by atoms with Crippen molar-refractivity contribution >= 4 is 61.9 Å². The molecule has 0 atom stereocenters. The van der Waals surface area contributed by atoms with E-state index in [4.69, 9.17) is 35.4 Å². The van der Waals surface area contributed by atoms with Crippen molar-refractivity contribution in [1.82, 2.24) is 4.31 Å². The highest BCUT2D eigenvalue weighted by Gasteiger charge is 2.18. The standard InChI is InChI=1S/C15H15Cl2N3O2S2/c1-20(2)24(21,22)10-7-8-12(17)14(9-10)19-15(23)18-13-6-4-3-5-11(13)16/h3-9H,1-2H3,(H2,18,19,23). The van der Waals surface area contributed by atoms with Crippen LogP contribution in [0.3, 0.4) is 0 Å². The molecule has 2 aromatic rings. The molecule has 2 rings (SSSR count). The van der Waals surface area contributed by atoms with Crippen LogP contribution in [0.2, 0.25) is 10.0 Å². The molecule has 0 saturated carbocycles. The van der Waals surface area contributed by atoms with E-state index in [2.05, 4.69) is 10.6 Å². The van der Waals surface area contributed by atoms with Crippen molar-refractivity contribution in [3.05, 3.63) is 52.5 Å². The lowest BCUT2D eigenvalue weighted by molar-refractivity contribution is 0.521. The van der Waals surface area contributed by atoms with E-state index in [-0.39, 0.29) is 10.0 Å². The second-order valence-electron chi connectivity index (χ2n) is 4.99. The molecule has 0 heterocycles. The first-order valence-corrected chi connectivity index (χ1v) is 9.37. The topological polar surface area (TPSA) is 61.4 Å². The smallest absolute Gasteiger partial charge is 0.242 e. The van der Waals surface area contributed by atoms with Gasteiger partial charge in [-0.2, -0.15) is 0 Å². The number of halogens is 2. The molecule has 0 saturated heterocycles. The van der Waals surface area contributed by atoms with Gasteiger partial charge in [-0.15, -0.1) is 0 Å².